The lowest BCUT2D eigenvalue weighted by molar-refractivity contribution is -0.155. The van der Waals surface area contributed by atoms with Crippen LogP contribution in [-0.2, 0) is 9.59 Å². The summed E-state index contributed by atoms with van der Waals surface area (Å²) in [4.78, 5) is 23.8. The first-order chi connectivity index (χ1) is 6.40. The van der Waals surface area contributed by atoms with Gasteiger partial charge in [-0.1, -0.05) is 6.92 Å². The van der Waals surface area contributed by atoms with Crippen LogP contribution in [0.4, 0.5) is 0 Å². The molecule has 4 nitrogen and oxygen atoms in total. The van der Waals surface area contributed by atoms with Crippen LogP contribution in [0.25, 0.3) is 0 Å². The van der Waals surface area contributed by atoms with Gasteiger partial charge in [0.25, 0.3) is 0 Å². The summed E-state index contributed by atoms with van der Waals surface area (Å²) in [5.74, 6) is -0.603. The molecule has 2 atom stereocenters. The number of carboxylic acid groups (broad SMARTS) is 1. The van der Waals surface area contributed by atoms with Crippen molar-refractivity contribution in [2.45, 2.75) is 31.1 Å². The lowest BCUT2D eigenvalue weighted by Gasteiger charge is -2.33. The number of likely N-dealkylation sites (N-methyl/N-ethyl adjacent to an activating group) is 1. The first-order valence-electron chi connectivity index (χ1n) is 4.49. The third-order valence-electron chi connectivity index (χ3n) is 2.74. The van der Waals surface area contributed by atoms with E-state index in [0.717, 1.165) is 0 Å². The second kappa shape index (κ2) is 3.81. The van der Waals surface area contributed by atoms with E-state index in [4.69, 9.17) is 0 Å². The molecule has 0 spiro atoms. The Labute approximate surface area is 87.7 Å². The van der Waals surface area contributed by atoms with Gasteiger partial charge in [0.05, 0.1) is 0 Å². The molecule has 1 N–H and O–H groups in total. The summed E-state index contributed by atoms with van der Waals surface area (Å²) in [6.45, 7) is 3.39. The van der Waals surface area contributed by atoms with E-state index < -0.39 is 11.5 Å². The normalized spacial score (nSPS) is 31.5. The summed E-state index contributed by atoms with van der Waals surface area (Å²) in [7, 11) is 1.56. The molecule has 5 heteroatoms. The van der Waals surface area contributed by atoms with Crippen molar-refractivity contribution in [1.82, 2.24) is 4.90 Å². The Balaban J connectivity index is 2.94. The lowest BCUT2D eigenvalue weighted by Crippen LogP contribution is -2.55. The number of rotatable bonds is 2. The number of carboxylic acids is 1. The summed E-state index contributed by atoms with van der Waals surface area (Å²) in [5, 5.41) is 9.49. The first-order valence-corrected chi connectivity index (χ1v) is 5.54. The molecule has 1 heterocycles. The Morgan fingerprint density at radius 1 is 1.57 bits per heavy atom. The van der Waals surface area contributed by atoms with Crippen LogP contribution >= 0.6 is 11.8 Å². The van der Waals surface area contributed by atoms with Gasteiger partial charge in [0.2, 0.25) is 5.91 Å². The van der Waals surface area contributed by atoms with E-state index in [1.807, 2.05) is 6.92 Å². The van der Waals surface area contributed by atoms with Crippen LogP contribution in [0, 0.1) is 0 Å². The van der Waals surface area contributed by atoms with E-state index in [1.165, 1.54) is 11.8 Å². The summed E-state index contributed by atoms with van der Waals surface area (Å²) in [5.41, 5.74) is -0.990. The van der Waals surface area contributed by atoms with E-state index in [1.54, 1.807) is 18.8 Å². The minimum Gasteiger partial charge on any atom is -0.479 e. The molecule has 1 aliphatic heterocycles. The fourth-order valence-corrected chi connectivity index (χ4v) is 3.09. The molecule has 14 heavy (non-hydrogen) atoms. The Morgan fingerprint density at radius 2 is 2.14 bits per heavy atom. The second-order valence-corrected chi connectivity index (χ2v) is 5.17. The highest BCUT2D eigenvalue weighted by molar-refractivity contribution is 8.00. The zero-order chi connectivity index (χ0) is 10.9. The number of carbonyl (C=O) groups is 2. The van der Waals surface area contributed by atoms with Gasteiger partial charge in [0.15, 0.2) is 0 Å². The number of carbonyl (C=O) groups excluding carboxylic acids is 1. The molecular formula is C9H15NO3S. The van der Waals surface area contributed by atoms with Gasteiger partial charge in [0, 0.05) is 25.0 Å². The maximum absolute atomic E-state index is 11.2. The molecule has 0 aromatic rings. The largest absolute Gasteiger partial charge is 0.479 e. The summed E-state index contributed by atoms with van der Waals surface area (Å²) in [6, 6.07) is 0. The monoisotopic (exact) mass is 217 g/mol. The molecule has 1 saturated heterocycles. The van der Waals surface area contributed by atoms with Crippen molar-refractivity contribution in [3.63, 3.8) is 0 Å². The zero-order valence-corrected chi connectivity index (χ0v) is 9.43. The summed E-state index contributed by atoms with van der Waals surface area (Å²) >= 11 is 1.60. The van der Waals surface area contributed by atoms with Crippen molar-refractivity contribution < 1.29 is 14.7 Å². The zero-order valence-electron chi connectivity index (χ0n) is 8.61. The molecule has 80 valence electrons. The van der Waals surface area contributed by atoms with Crippen molar-refractivity contribution in [2.24, 2.45) is 0 Å². The summed E-state index contributed by atoms with van der Waals surface area (Å²) < 4.78 is 0. The standard InChI is InChI=1S/C9H15NO3S/c1-6-4-9(5-14-6,8(12)13)10(3)7(2)11/h6H,4-5H2,1-3H3,(H,12,13). The SMILES string of the molecule is CC(=O)N(C)C1(C(=O)O)CSC(C)C1. The lowest BCUT2D eigenvalue weighted by atomic mass is 9.94. The Kier molecular flexibility index (Phi) is 3.09. The minimum atomic E-state index is -0.990. The van der Waals surface area contributed by atoms with Crippen molar-refractivity contribution in [2.75, 3.05) is 12.8 Å². The summed E-state index contributed by atoms with van der Waals surface area (Å²) in [6.07, 6.45) is 0.531. The molecule has 0 aromatic carbocycles. The molecular weight excluding hydrogens is 202 g/mol. The van der Waals surface area contributed by atoms with Gasteiger partial charge < -0.3 is 10.0 Å². The van der Waals surface area contributed by atoms with Gasteiger partial charge in [-0.3, -0.25) is 4.79 Å². The number of thioether (sulfide) groups is 1. The Bertz CT molecular complexity index is 269. The third kappa shape index (κ3) is 1.73. The highest BCUT2D eigenvalue weighted by Crippen LogP contribution is 2.38. The third-order valence-corrected chi connectivity index (χ3v) is 4.12. The van der Waals surface area contributed by atoms with E-state index in [2.05, 4.69) is 0 Å². The van der Waals surface area contributed by atoms with Gasteiger partial charge >= 0.3 is 5.97 Å². The molecule has 0 saturated carbocycles. The predicted octanol–water partition coefficient (Wildman–Crippen LogP) is 0.813. The molecule has 2 unspecified atom stereocenters. The van der Waals surface area contributed by atoms with Crippen LogP contribution in [0.15, 0.2) is 0 Å². The minimum absolute atomic E-state index is 0.192. The second-order valence-electron chi connectivity index (χ2n) is 3.74. The number of hydrogen-bond acceptors (Lipinski definition) is 3. The van der Waals surface area contributed by atoms with E-state index >= 15 is 0 Å². The van der Waals surface area contributed by atoms with Crippen LogP contribution in [0.3, 0.4) is 0 Å². The van der Waals surface area contributed by atoms with Gasteiger partial charge in [-0.25, -0.2) is 4.79 Å². The van der Waals surface area contributed by atoms with Gasteiger partial charge in [-0.15, -0.1) is 0 Å². The maximum atomic E-state index is 11.2. The van der Waals surface area contributed by atoms with Crippen LogP contribution in [-0.4, -0.2) is 45.5 Å². The van der Waals surface area contributed by atoms with Crippen molar-refractivity contribution >= 4 is 23.6 Å². The molecule has 0 bridgehead atoms. The smallest absolute Gasteiger partial charge is 0.330 e. The molecule has 0 aromatic heterocycles. The number of nitrogens with zero attached hydrogens (tertiary/aromatic N) is 1. The quantitative estimate of drug-likeness (QED) is 0.743. The molecule has 1 fully saturated rings. The average molecular weight is 217 g/mol. The van der Waals surface area contributed by atoms with Crippen molar-refractivity contribution in [1.29, 1.82) is 0 Å². The molecule has 1 amide bonds. The number of amides is 1. The fraction of sp³-hybridized carbons (Fsp3) is 0.778. The molecule has 0 aliphatic carbocycles. The van der Waals surface area contributed by atoms with Crippen LogP contribution in [0.2, 0.25) is 0 Å². The molecule has 1 rings (SSSR count). The van der Waals surface area contributed by atoms with Gasteiger partial charge in [-0.05, 0) is 6.42 Å². The Hall–Kier alpha value is -0.710. The van der Waals surface area contributed by atoms with Crippen LogP contribution in [0.5, 0.6) is 0 Å². The highest BCUT2D eigenvalue weighted by Gasteiger charge is 2.49. The number of hydrogen-bond donors (Lipinski definition) is 1. The van der Waals surface area contributed by atoms with Crippen molar-refractivity contribution in [3.05, 3.63) is 0 Å². The predicted molar refractivity (Wildman–Crippen MR) is 55.3 cm³/mol. The van der Waals surface area contributed by atoms with Gasteiger partial charge in [0.1, 0.15) is 5.54 Å². The fourth-order valence-electron chi connectivity index (χ4n) is 1.70. The topological polar surface area (TPSA) is 57.6 Å². The van der Waals surface area contributed by atoms with Crippen LogP contribution in [0.1, 0.15) is 20.3 Å². The van der Waals surface area contributed by atoms with Gasteiger partial charge in [-0.2, -0.15) is 11.8 Å². The van der Waals surface area contributed by atoms with E-state index in [0.29, 0.717) is 17.4 Å². The molecule has 0 radical (unpaired) electrons. The molecule has 1 aliphatic rings. The first kappa shape index (κ1) is 11.4. The highest BCUT2D eigenvalue weighted by atomic mass is 32.2. The van der Waals surface area contributed by atoms with E-state index in [9.17, 15) is 14.7 Å². The average Bonchev–Trinajstić information content (AvgIpc) is 2.47. The number of aliphatic carboxylic acids is 1. The maximum Gasteiger partial charge on any atom is 0.330 e. The van der Waals surface area contributed by atoms with E-state index in [-0.39, 0.29) is 5.91 Å². The van der Waals surface area contributed by atoms with Crippen molar-refractivity contribution in [3.8, 4) is 0 Å². The van der Waals surface area contributed by atoms with Crippen LogP contribution < -0.4 is 0 Å². The Morgan fingerprint density at radius 3 is 2.43 bits per heavy atom.